The Morgan fingerprint density at radius 1 is 1.25 bits per heavy atom. The van der Waals surface area contributed by atoms with Crippen LogP contribution in [0.1, 0.15) is 0 Å². The van der Waals surface area contributed by atoms with Crippen LogP contribution in [0.4, 0.5) is 0 Å². The predicted octanol–water partition coefficient (Wildman–Crippen LogP) is -0.261. The zero-order valence-corrected chi connectivity index (χ0v) is 5.74. The van der Waals surface area contributed by atoms with Crippen LogP contribution in [0.15, 0.2) is 35.3 Å². The second kappa shape index (κ2) is 3.22. The highest BCUT2D eigenvalue weighted by Gasteiger charge is 1.90. The van der Waals surface area contributed by atoms with Crippen LogP contribution in [0.25, 0.3) is 10.9 Å². The molecule has 0 spiro atoms. The van der Waals surface area contributed by atoms with Crippen LogP contribution in [0.2, 0.25) is 0 Å². The molecule has 60 valence electrons. The predicted molar refractivity (Wildman–Crippen MR) is 52.3 cm³/mol. The van der Waals surface area contributed by atoms with E-state index in [-0.39, 0.29) is 14.1 Å². The smallest absolute Gasteiger partial charge is 0.305 e. The maximum atomic E-state index is 10.7. The second-order valence-electron chi connectivity index (χ2n) is 2.28. The van der Waals surface area contributed by atoms with Crippen molar-refractivity contribution in [2.75, 3.05) is 0 Å². The minimum absolute atomic E-state index is 0. The molecule has 0 aliphatic carbocycles. The number of hydrogen-bond donors (Lipinski definition) is 1. The summed E-state index contributed by atoms with van der Waals surface area (Å²) < 4.78 is 0. The Hall–Kier alpha value is -1.58. The lowest BCUT2D eigenvalue weighted by molar-refractivity contribution is 1.12. The molecule has 0 aliphatic rings. The molecule has 2 rings (SSSR count). The topological polar surface area (TPSA) is 45.8 Å². The van der Waals surface area contributed by atoms with Gasteiger partial charge in [-0.3, -0.25) is 0 Å². The minimum Gasteiger partial charge on any atom is -0.305 e. The molecule has 12 heavy (non-hydrogen) atoms. The van der Waals surface area contributed by atoms with Crippen molar-refractivity contribution < 1.29 is 0 Å². The Kier molecular flexibility index (Phi) is 2.28. The maximum Gasteiger partial charge on any atom is 0.345 e. The van der Waals surface area contributed by atoms with Crippen LogP contribution in [0.5, 0.6) is 0 Å². The lowest BCUT2D eigenvalue weighted by Gasteiger charge is -1.92. The molecule has 0 bridgehead atoms. The third-order valence-corrected chi connectivity index (χ3v) is 1.52. The Morgan fingerprint density at radius 2 is 2.00 bits per heavy atom. The third-order valence-electron chi connectivity index (χ3n) is 1.52. The van der Waals surface area contributed by atoms with E-state index in [9.17, 15) is 4.79 Å². The standard InChI is InChI=1S/C8H6N2O.BH3/c11-8-9-5-6-3-1-2-4-7(6)10-8;/h1-5H,(H,9,10,11);1H3. The van der Waals surface area contributed by atoms with E-state index >= 15 is 0 Å². The van der Waals surface area contributed by atoms with Crippen LogP contribution < -0.4 is 5.69 Å². The van der Waals surface area contributed by atoms with Gasteiger partial charge in [-0.25, -0.2) is 9.78 Å². The number of aromatic amines is 1. The summed E-state index contributed by atoms with van der Waals surface area (Å²) in [7, 11) is 0. The summed E-state index contributed by atoms with van der Waals surface area (Å²) in [5.41, 5.74) is 0.524. The molecule has 0 atom stereocenters. The van der Waals surface area contributed by atoms with Crippen molar-refractivity contribution in [2.24, 2.45) is 0 Å². The van der Waals surface area contributed by atoms with E-state index < -0.39 is 0 Å². The molecule has 0 saturated heterocycles. The molecule has 1 N–H and O–H groups in total. The fourth-order valence-electron chi connectivity index (χ4n) is 0.999. The molecule has 0 saturated carbocycles. The Morgan fingerprint density at radius 3 is 2.83 bits per heavy atom. The first kappa shape index (κ1) is 8.52. The van der Waals surface area contributed by atoms with Gasteiger partial charge in [0.15, 0.2) is 0 Å². The SMILES string of the molecule is B.O=c1ncc2ccccc2[nH]1. The monoisotopic (exact) mass is 160 g/mol. The number of rotatable bonds is 0. The first-order valence-corrected chi connectivity index (χ1v) is 3.30. The summed E-state index contributed by atoms with van der Waals surface area (Å²) in [6.07, 6.45) is 1.56. The highest BCUT2D eigenvalue weighted by Crippen LogP contribution is 2.05. The quantitative estimate of drug-likeness (QED) is 0.539. The third kappa shape index (κ3) is 1.37. The van der Waals surface area contributed by atoms with Gasteiger partial charge in [0.05, 0.1) is 13.9 Å². The van der Waals surface area contributed by atoms with Gasteiger partial charge < -0.3 is 4.98 Å². The Bertz CT molecular complexity index is 438. The molecule has 0 aliphatic heterocycles. The fraction of sp³-hybridized carbons (Fsp3) is 0. The highest BCUT2D eigenvalue weighted by atomic mass is 16.1. The average molecular weight is 160 g/mol. The number of nitrogens with one attached hydrogen (secondary N) is 1. The van der Waals surface area contributed by atoms with Gasteiger partial charge in [0, 0.05) is 11.6 Å². The number of benzene rings is 1. The van der Waals surface area contributed by atoms with Gasteiger partial charge >= 0.3 is 5.69 Å². The van der Waals surface area contributed by atoms with Gasteiger partial charge in [-0.1, -0.05) is 18.2 Å². The molecule has 1 aromatic carbocycles. The molecule has 0 radical (unpaired) electrons. The lowest BCUT2D eigenvalue weighted by Crippen LogP contribution is -2.07. The van der Waals surface area contributed by atoms with Gasteiger partial charge in [-0.05, 0) is 6.07 Å². The normalized spacial score (nSPS) is 9.33. The zero-order chi connectivity index (χ0) is 7.68. The first-order chi connectivity index (χ1) is 5.36. The number of fused-ring (bicyclic) bond motifs is 1. The van der Waals surface area contributed by atoms with Crippen molar-refractivity contribution in [1.29, 1.82) is 0 Å². The fourth-order valence-corrected chi connectivity index (χ4v) is 0.999. The van der Waals surface area contributed by atoms with E-state index in [1.54, 1.807) is 6.20 Å². The molecule has 0 unspecified atom stereocenters. The number of aromatic nitrogens is 2. The van der Waals surface area contributed by atoms with Crippen LogP contribution in [-0.4, -0.2) is 18.4 Å². The largest absolute Gasteiger partial charge is 0.345 e. The molecule has 0 fully saturated rings. The molecule has 0 amide bonds. The van der Waals surface area contributed by atoms with Crippen molar-refractivity contribution in [2.45, 2.75) is 0 Å². The van der Waals surface area contributed by atoms with Gasteiger partial charge in [0.1, 0.15) is 0 Å². The Labute approximate surface area is 71.0 Å². The summed E-state index contributed by atoms with van der Waals surface area (Å²) >= 11 is 0. The number of H-pyrrole nitrogens is 1. The van der Waals surface area contributed by atoms with Crippen LogP contribution in [-0.2, 0) is 0 Å². The van der Waals surface area contributed by atoms with Gasteiger partial charge in [0.2, 0.25) is 0 Å². The van der Waals surface area contributed by atoms with Crippen molar-refractivity contribution in [1.82, 2.24) is 9.97 Å². The molecule has 2 aromatic rings. The summed E-state index contributed by atoms with van der Waals surface area (Å²) in [6.45, 7) is 0. The van der Waals surface area contributed by atoms with E-state index in [2.05, 4.69) is 9.97 Å². The summed E-state index contributed by atoms with van der Waals surface area (Å²) in [6, 6.07) is 7.53. The Balaban J connectivity index is 0.000000720. The van der Waals surface area contributed by atoms with Crippen LogP contribution in [0.3, 0.4) is 0 Å². The lowest BCUT2D eigenvalue weighted by atomic mass is 10.2. The van der Waals surface area contributed by atoms with Crippen molar-refractivity contribution in [3.63, 3.8) is 0 Å². The van der Waals surface area contributed by atoms with E-state index in [1.807, 2.05) is 24.3 Å². The average Bonchev–Trinajstić information content (AvgIpc) is 2.04. The molecular weight excluding hydrogens is 151 g/mol. The molecule has 1 aromatic heterocycles. The van der Waals surface area contributed by atoms with Gasteiger partial charge in [0.25, 0.3) is 0 Å². The van der Waals surface area contributed by atoms with E-state index in [1.165, 1.54) is 0 Å². The van der Waals surface area contributed by atoms with Gasteiger partial charge in [-0.15, -0.1) is 0 Å². The molecule has 1 heterocycles. The summed E-state index contributed by atoms with van der Waals surface area (Å²) in [5, 5.41) is 0.951. The second-order valence-corrected chi connectivity index (χ2v) is 2.28. The minimum atomic E-state index is -0.302. The van der Waals surface area contributed by atoms with Crippen molar-refractivity contribution in [3.05, 3.63) is 40.9 Å². The number of para-hydroxylation sites is 1. The highest BCUT2D eigenvalue weighted by molar-refractivity contribution is 5.76. The number of hydrogen-bond acceptors (Lipinski definition) is 2. The maximum absolute atomic E-state index is 10.7. The molecular formula is C8H9BN2O. The van der Waals surface area contributed by atoms with E-state index in [0.29, 0.717) is 0 Å². The van der Waals surface area contributed by atoms with Crippen LogP contribution in [0, 0.1) is 0 Å². The molecule has 4 heteroatoms. The van der Waals surface area contributed by atoms with E-state index in [0.717, 1.165) is 10.9 Å². The van der Waals surface area contributed by atoms with E-state index in [4.69, 9.17) is 0 Å². The van der Waals surface area contributed by atoms with Crippen molar-refractivity contribution in [3.8, 4) is 0 Å². The zero-order valence-electron chi connectivity index (χ0n) is 5.74. The number of nitrogens with zero attached hydrogens (tertiary/aromatic N) is 1. The first-order valence-electron chi connectivity index (χ1n) is 3.30. The molecule has 3 nitrogen and oxygen atoms in total. The summed E-state index contributed by atoms with van der Waals surface area (Å²) in [5.74, 6) is 0. The van der Waals surface area contributed by atoms with Crippen molar-refractivity contribution >= 4 is 19.3 Å². The van der Waals surface area contributed by atoms with Gasteiger partial charge in [-0.2, -0.15) is 0 Å². The summed E-state index contributed by atoms with van der Waals surface area (Å²) in [4.78, 5) is 16.9. The van der Waals surface area contributed by atoms with Crippen LogP contribution >= 0.6 is 0 Å².